The molecule has 0 amide bonds. The van der Waals surface area contributed by atoms with E-state index in [4.69, 9.17) is 11.6 Å². The van der Waals surface area contributed by atoms with Crippen LogP contribution in [0.1, 0.15) is 26.3 Å². The summed E-state index contributed by atoms with van der Waals surface area (Å²) in [6.07, 6.45) is 0. The lowest BCUT2D eigenvalue weighted by Crippen LogP contribution is -1.91. The molecule has 2 aromatic rings. The summed E-state index contributed by atoms with van der Waals surface area (Å²) in [5.74, 6) is 0. The van der Waals surface area contributed by atoms with Gasteiger partial charge in [-0.3, -0.25) is 0 Å². The van der Waals surface area contributed by atoms with Gasteiger partial charge in [0.05, 0.1) is 12.9 Å². The van der Waals surface area contributed by atoms with Gasteiger partial charge in [-0.2, -0.15) is 0 Å². The maximum absolute atomic E-state index is 6.53. The maximum Gasteiger partial charge on any atom is 0.0865 e. The van der Waals surface area contributed by atoms with Gasteiger partial charge < -0.3 is 0 Å². The zero-order chi connectivity index (χ0) is 11.9. The van der Waals surface area contributed by atoms with E-state index in [1.807, 2.05) is 0 Å². The number of rotatable bonds is 2. The molecule has 0 radical (unpaired) electrons. The molecule has 0 saturated carbocycles. The molecular formula is C11H9Br2ClS2. The molecular weight excluding hydrogens is 392 g/mol. The molecule has 16 heavy (non-hydrogen) atoms. The van der Waals surface area contributed by atoms with Crippen LogP contribution in [0, 0.1) is 13.8 Å². The van der Waals surface area contributed by atoms with Gasteiger partial charge in [-0.1, -0.05) is 0 Å². The third-order valence-electron chi connectivity index (χ3n) is 2.31. The van der Waals surface area contributed by atoms with Crippen LogP contribution in [0.3, 0.4) is 0 Å². The van der Waals surface area contributed by atoms with Gasteiger partial charge in [0, 0.05) is 15.3 Å². The molecule has 0 N–H and O–H groups in total. The molecule has 86 valence electrons. The van der Waals surface area contributed by atoms with E-state index < -0.39 is 0 Å². The van der Waals surface area contributed by atoms with Crippen LogP contribution >= 0.6 is 66.1 Å². The van der Waals surface area contributed by atoms with Crippen LogP contribution in [0.25, 0.3) is 0 Å². The number of alkyl halides is 1. The lowest BCUT2D eigenvalue weighted by molar-refractivity contribution is 1.14. The predicted octanol–water partition coefficient (Wildman–Crippen LogP) is 6.28. The van der Waals surface area contributed by atoms with Gasteiger partial charge in [-0.25, -0.2) is 0 Å². The molecule has 0 nitrogen and oxygen atoms in total. The highest BCUT2D eigenvalue weighted by molar-refractivity contribution is 9.12. The molecule has 0 aliphatic carbocycles. The maximum atomic E-state index is 6.53. The van der Waals surface area contributed by atoms with Crippen molar-refractivity contribution in [2.45, 2.75) is 19.2 Å². The average Bonchev–Trinajstić information content (AvgIpc) is 2.68. The van der Waals surface area contributed by atoms with Crippen molar-refractivity contribution in [3.05, 3.63) is 40.6 Å². The summed E-state index contributed by atoms with van der Waals surface area (Å²) in [4.78, 5) is 2.61. The third kappa shape index (κ3) is 2.56. The minimum atomic E-state index is -0.0677. The molecule has 0 spiro atoms. The van der Waals surface area contributed by atoms with E-state index in [9.17, 15) is 0 Å². The van der Waals surface area contributed by atoms with Gasteiger partial charge in [0.2, 0.25) is 0 Å². The smallest absolute Gasteiger partial charge is 0.0865 e. The standard InChI is InChI=1S/C11H9Br2ClS2/c1-5-3-7(6(2)15-5)10(14)8-4-9(12)16-11(8)13/h3-4,10H,1-2H3. The first-order valence-corrected chi connectivity index (χ1v) is 8.30. The summed E-state index contributed by atoms with van der Waals surface area (Å²) in [6, 6.07) is 4.26. The molecule has 1 unspecified atom stereocenters. The van der Waals surface area contributed by atoms with Crippen LogP contribution in [-0.4, -0.2) is 0 Å². The second kappa shape index (κ2) is 5.11. The second-order valence-electron chi connectivity index (χ2n) is 3.51. The third-order valence-corrected chi connectivity index (χ3v) is 6.15. The molecule has 0 saturated heterocycles. The van der Waals surface area contributed by atoms with E-state index in [0.717, 1.165) is 13.1 Å². The van der Waals surface area contributed by atoms with Gasteiger partial charge in [0.15, 0.2) is 0 Å². The molecule has 0 bridgehead atoms. The molecule has 0 aliphatic rings. The Hall–Kier alpha value is 0.650. The SMILES string of the molecule is Cc1cc(C(Cl)c2cc(Br)sc2Br)c(C)s1. The van der Waals surface area contributed by atoms with E-state index >= 15 is 0 Å². The quantitative estimate of drug-likeness (QED) is 0.521. The summed E-state index contributed by atoms with van der Waals surface area (Å²) < 4.78 is 2.20. The highest BCUT2D eigenvalue weighted by Gasteiger charge is 2.19. The van der Waals surface area contributed by atoms with Crippen molar-refractivity contribution in [1.29, 1.82) is 0 Å². The molecule has 1 atom stereocenters. The van der Waals surface area contributed by atoms with Gasteiger partial charge in [0.1, 0.15) is 0 Å². The lowest BCUT2D eigenvalue weighted by Gasteiger charge is -2.07. The summed E-state index contributed by atoms with van der Waals surface area (Å²) >= 11 is 17.0. The Morgan fingerprint density at radius 2 is 1.81 bits per heavy atom. The van der Waals surface area contributed by atoms with E-state index in [1.165, 1.54) is 15.3 Å². The largest absolute Gasteiger partial charge is 0.146 e. The first-order chi connectivity index (χ1) is 7.49. The van der Waals surface area contributed by atoms with Gasteiger partial charge >= 0.3 is 0 Å². The molecule has 5 heteroatoms. The highest BCUT2D eigenvalue weighted by atomic mass is 79.9. The second-order valence-corrected chi connectivity index (χ2v) is 9.16. The van der Waals surface area contributed by atoms with Crippen molar-refractivity contribution in [2.75, 3.05) is 0 Å². The van der Waals surface area contributed by atoms with Crippen LogP contribution < -0.4 is 0 Å². The van der Waals surface area contributed by atoms with Crippen LogP contribution in [0.15, 0.2) is 19.7 Å². The van der Waals surface area contributed by atoms with Gasteiger partial charge in [-0.15, -0.1) is 34.3 Å². The zero-order valence-corrected chi connectivity index (χ0v) is 14.2. The molecule has 0 aromatic carbocycles. The highest BCUT2D eigenvalue weighted by Crippen LogP contribution is 2.43. The number of aryl methyl sites for hydroxylation is 2. The van der Waals surface area contributed by atoms with Crippen LogP contribution in [0.2, 0.25) is 0 Å². The Labute approximate surface area is 125 Å². The first kappa shape index (κ1) is 13.1. The average molecular weight is 401 g/mol. The number of halogens is 3. The van der Waals surface area contributed by atoms with Crippen molar-refractivity contribution in [2.24, 2.45) is 0 Å². The van der Waals surface area contributed by atoms with Crippen LogP contribution in [0.4, 0.5) is 0 Å². The van der Waals surface area contributed by atoms with E-state index in [0.29, 0.717) is 0 Å². The van der Waals surface area contributed by atoms with Gasteiger partial charge in [0.25, 0.3) is 0 Å². The Morgan fingerprint density at radius 1 is 1.12 bits per heavy atom. The monoisotopic (exact) mass is 398 g/mol. The Morgan fingerprint density at radius 3 is 2.25 bits per heavy atom. The minimum Gasteiger partial charge on any atom is -0.146 e. The fourth-order valence-corrected chi connectivity index (χ4v) is 6.12. The van der Waals surface area contributed by atoms with Crippen molar-refractivity contribution in [3.63, 3.8) is 0 Å². The fourth-order valence-electron chi connectivity index (χ4n) is 1.60. The van der Waals surface area contributed by atoms with Crippen molar-refractivity contribution in [3.8, 4) is 0 Å². The number of hydrogen-bond acceptors (Lipinski definition) is 2. The predicted molar refractivity (Wildman–Crippen MR) is 81.2 cm³/mol. The molecule has 2 heterocycles. The van der Waals surface area contributed by atoms with Gasteiger partial charge in [-0.05, 0) is 63.4 Å². The molecule has 0 fully saturated rings. The fraction of sp³-hybridized carbons (Fsp3) is 0.273. The summed E-state index contributed by atoms with van der Waals surface area (Å²) in [5.41, 5.74) is 2.36. The number of hydrogen-bond donors (Lipinski definition) is 0. The number of thiophene rings is 2. The zero-order valence-electron chi connectivity index (χ0n) is 8.68. The summed E-state index contributed by atoms with van der Waals surface area (Å²) in [7, 11) is 0. The van der Waals surface area contributed by atoms with Crippen molar-refractivity contribution in [1.82, 2.24) is 0 Å². The Bertz CT molecular complexity index is 470. The Balaban J connectivity index is 2.42. The first-order valence-electron chi connectivity index (χ1n) is 4.64. The molecule has 0 aliphatic heterocycles. The van der Waals surface area contributed by atoms with E-state index in [2.05, 4.69) is 57.8 Å². The van der Waals surface area contributed by atoms with Crippen molar-refractivity contribution < 1.29 is 0 Å². The van der Waals surface area contributed by atoms with Crippen molar-refractivity contribution >= 4 is 66.1 Å². The Kier molecular flexibility index (Phi) is 4.18. The van der Waals surface area contributed by atoms with Crippen LogP contribution in [-0.2, 0) is 0 Å². The van der Waals surface area contributed by atoms with E-state index in [-0.39, 0.29) is 5.38 Å². The summed E-state index contributed by atoms with van der Waals surface area (Å²) in [5, 5.41) is -0.0677. The molecule has 2 rings (SSSR count). The van der Waals surface area contributed by atoms with E-state index in [1.54, 1.807) is 22.7 Å². The lowest BCUT2D eigenvalue weighted by atomic mass is 10.1. The topological polar surface area (TPSA) is 0 Å². The minimum absolute atomic E-state index is 0.0677. The summed E-state index contributed by atoms with van der Waals surface area (Å²) in [6.45, 7) is 4.24. The van der Waals surface area contributed by atoms with Crippen LogP contribution in [0.5, 0.6) is 0 Å². The normalized spacial score (nSPS) is 13.1. The molecule has 2 aromatic heterocycles.